The maximum atomic E-state index is 13.7. The summed E-state index contributed by atoms with van der Waals surface area (Å²) in [4.78, 5) is 32.2. The molecule has 0 aliphatic carbocycles. The lowest BCUT2D eigenvalue weighted by atomic mass is 9.77. The maximum absolute atomic E-state index is 13.7. The summed E-state index contributed by atoms with van der Waals surface area (Å²) in [5.41, 5.74) is 3.56. The van der Waals surface area contributed by atoms with Gasteiger partial charge in [-0.3, -0.25) is 14.6 Å². The fourth-order valence-corrected chi connectivity index (χ4v) is 4.89. The molecule has 3 aromatic rings. The number of hydrogen-bond donors (Lipinski definition) is 1. The van der Waals surface area contributed by atoms with Crippen LogP contribution in [0.5, 0.6) is 0 Å². The summed E-state index contributed by atoms with van der Waals surface area (Å²) in [6.07, 6.45) is 2.00. The molecular weight excluding hydrogens is 402 g/mol. The Hall–Kier alpha value is -3.51. The third kappa shape index (κ3) is 3.46. The number of nitrogens with one attached hydrogen (secondary N) is 1. The fourth-order valence-electron chi connectivity index (χ4n) is 4.89. The SMILES string of the molecule is Cc1nccc(-c2ccccc2)c1C(=O)N1CC[C@@]2(c3ccccc3)NC(=O)CO[C@@H]2C1. The van der Waals surface area contributed by atoms with Crippen molar-refractivity contribution in [3.8, 4) is 11.1 Å². The van der Waals surface area contributed by atoms with Gasteiger partial charge in [0.2, 0.25) is 5.91 Å². The van der Waals surface area contributed by atoms with Crippen molar-refractivity contribution in [3.05, 3.63) is 89.7 Å². The summed E-state index contributed by atoms with van der Waals surface area (Å²) in [5.74, 6) is -0.184. The molecule has 0 saturated carbocycles. The van der Waals surface area contributed by atoms with Gasteiger partial charge in [0.25, 0.3) is 5.91 Å². The Bertz CT molecular complexity index is 1150. The van der Waals surface area contributed by atoms with Crippen LogP contribution in [0.15, 0.2) is 72.9 Å². The van der Waals surface area contributed by atoms with Crippen molar-refractivity contribution in [3.63, 3.8) is 0 Å². The second-order valence-corrected chi connectivity index (χ2v) is 8.37. The van der Waals surface area contributed by atoms with Crippen LogP contribution >= 0.6 is 0 Å². The van der Waals surface area contributed by atoms with E-state index in [2.05, 4.69) is 10.3 Å². The first-order valence-electron chi connectivity index (χ1n) is 10.9. The van der Waals surface area contributed by atoms with Crippen LogP contribution in [-0.4, -0.2) is 47.5 Å². The molecule has 2 aliphatic rings. The molecule has 5 rings (SSSR count). The number of amides is 2. The number of piperidine rings is 1. The van der Waals surface area contributed by atoms with Crippen molar-refractivity contribution >= 4 is 11.8 Å². The largest absolute Gasteiger partial charge is 0.364 e. The smallest absolute Gasteiger partial charge is 0.256 e. The van der Waals surface area contributed by atoms with Crippen LogP contribution in [0.3, 0.4) is 0 Å². The lowest BCUT2D eigenvalue weighted by Gasteiger charge is -2.50. The van der Waals surface area contributed by atoms with Gasteiger partial charge < -0.3 is 15.0 Å². The Kier molecular flexibility index (Phi) is 5.23. The number of aromatic nitrogens is 1. The monoisotopic (exact) mass is 427 g/mol. The Morgan fingerprint density at radius 3 is 2.56 bits per heavy atom. The van der Waals surface area contributed by atoms with Crippen molar-refractivity contribution in [1.82, 2.24) is 15.2 Å². The molecule has 2 fully saturated rings. The molecule has 3 heterocycles. The molecule has 6 nitrogen and oxygen atoms in total. The third-order valence-electron chi connectivity index (χ3n) is 6.51. The van der Waals surface area contributed by atoms with E-state index in [0.717, 1.165) is 16.7 Å². The molecule has 1 N–H and O–H groups in total. The summed E-state index contributed by atoms with van der Waals surface area (Å²) >= 11 is 0. The molecule has 0 bridgehead atoms. The summed E-state index contributed by atoms with van der Waals surface area (Å²) in [5, 5.41) is 3.18. The molecule has 2 atom stereocenters. The zero-order chi connectivity index (χ0) is 22.1. The first-order chi connectivity index (χ1) is 15.6. The highest BCUT2D eigenvalue weighted by Gasteiger charge is 2.50. The molecule has 32 heavy (non-hydrogen) atoms. The van der Waals surface area contributed by atoms with E-state index in [4.69, 9.17) is 4.74 Å². The van der Waals surface area contributed by atoms with Gasteiger partial charge in [0, 0.05) is 19.3 Å². The van der Waals surface area contributed by atoms with Gasteiger partial charge in [0.1, 0.15) is 12.7 Å². The van der Waals surface area contributed by atoms with Crippen molar-refractivity contribution in [2.45, 2.75) is 25.0 Å². The van der Waals surface area contributed by atoms with E-state index < -0.39 is 5.54 Å². The van der Waals surface area contributed by atoms with Crippen molar-refractivity contribution < 1.29 is 14.3 Å². The Morgan fingerprint density at radius 1 is 1.09 bits per heavy atom. The number of ether oxygens (including phenoxy) is 1. The van der Waals surface area contributed by atoms with E-state index in [1.165, 1.54) is 0 Å². The Morgan fingerprint density at radius 2 is 1.81 bits per heavy atom. The van der Waals surface area contributed by atoms with E-state index in [9.17, 15) is 9.59 Å². The standard InChI is InChI=1S/C26H25N3O3/c1-18-24(21(12-14-27-18)19-8-4-2-5-9-19)25(31)29-15-13-26(20-10-6-3-7-11-20)22(16-29)32-17-23(30)28-26/h2-12,14,22H,13,15-17H2,1H3,(H,28,30)/t22-,26+/m1/s1. The minimum Gasteiger partial charge on any atom is -0.364 e. The zero-order valence-electron chi connectivity index (χ0n) is 18.0. The second-order valence-electron chi connectivity index (χ2n) is 8.37. The molecule has 2 saturated heterocycles. The molecule has 6 heteroatoms. The molecule has 2 aromatic carbocycles. The topological polar surface area (TPSA) is 71.5 Å². The van der Waals surface area contributed by atoms with Gasteiger partial charge in [0.15, 0.2) is 0 Å². The number of carbonyl (C=O) groups excluding carboxylic acids is 2. The van der Waals surface area contributed by atoms with Gasteiger partial charge in [-0.15, -0.1) is 0 Å². The fraction of sp³-hybridized carbons (Fsp3) is 0.269. The van der Waals surface area contributed by atoms with Gasteiger partial charge >= 0.3 is 0 Å². The summed E-state index contributed by atoms with van der Waals surface area (Å²) in [7, 11) is 0. The summed E-state index contributed by atoms with van der Waals surface area (Å²) in [6, 6.07) is 21.7. The third-order valence-corrected chi connectivity index (χ3v) is 6.51. The number of pyridine rings is 1. The first-order valence-corrected chi connectivity index (χ1v) is 10.9. The first kappa shape index (κ1) is 20.4. The number of benzene rings is 2. The molecule has 162 valence electrons. The molecule has 2 aliphatic heterocycles. The van der Waals surface area contributed by atoms with Crippen molar-refractivity contribution in [2.75, 3.05) is 19.7 Å². The molecular formula is C26H25N3O3. The quantitative estimate of drug-likeness (QED) is 0.696. The van der Waals surface area contributed by atoms with Crippen molar-refractivity contribution in [1.29, 1.82) is 0 Å². The van der Waals surface area contributed by atoms with Gasteiger partial charge in [-0.2, -0.15) is 0 Å². The van der Waals surface area contributed by atoms with Crippen LogP contribution in [0.2, 0.25) is 0 Å². The predicted octanol–water partition coefficient (Wildman–Crippen LogP) is 3.31. The number of hydrogen-bond acceptors (Lipinski definition) is 4. The number of carbonyl (C=O) groups is 2. The lowest BCUT2D eigenvalue weighted by Crippen LogP contribution is -2.67. The van der Waals surface area contributed by atoms with Crippen LogP contribution in [0.1, 0.15) is 28.0 Å². The number of fused-ring (bicyclic) bond motifs is 1. The number of nitrogens with zero attached hydrogens (tertiary/aromatic N) is 2. The average molecular weight is 428 g/mol. The van der Waals surface area contributed by atoms with E-state index >= 15 is 0 Å². The Labute approximate surface area is 187 Å². The van der Waals surface area contributed by atoms with Gasteiger partial charge in [0.05, 0.1) is 16.8 Å². The Balaban J connectivity index is 1.48. The second kappa shape index (κ2) is 8.20. The normalized spacial score (nSPS) is 22.7. The summed E-state index contributed by atoms with van der Waals surface area (Å²) in [6.45, 7) is 2.78. The van der Waals surface area contributed by atoms with Crippen LogP contribution in [-0.2, 0) is 15.1 Å². The van der Waals surface area contributed by atoms with Crippen LogP contribution in [0.4, 0.5) is 0 Å². The van der Waals surface area contributed by atoms with Crippen molar-refractivity contribution in [2.24, 2.45) is 0 Å². The highest BCUT2D eigenvalue weighted by Crippen LogP contribution is 2.38. The highest BCUT2D eigenvalue weighted by molar-refractivity contribution is 6.02. The van der Waals surface area contributed by atoms with Gasteiger partial charge in [-0.25, -0.2) is 0 Å². The summed E-state index contributed by atoms with van der Waals surface area (Å²) < 4.78 is 5.99. The average Bonchev–Trinajstić information content (AvgIpc) is 2.84. The molecule has 0 radical (unpaired) electrons. The number of likely N-dealkylation sites (tertiary alicyclic amines) is 1. The zero-order valence-corrected chi connectivity index (χ0v) is 18.0. The highest BCUT2D eigenvalue weighted by atomic mass is 16.5. The number of morpholine rings is 1. The minimum atomic E-state index is -0.625. The molecule has 1 aromatic heterocycles. The molecule has 2 amide bonds. The van der Waals surface area contributed by atoms with E-state index in [-0.39, 0.29) is 24.5 Å². The maximum Gasteiger partial charge on any atom is 0.256 e. The molecule has 0 unspecified atom stereocenters. The number of aryl methyl sites for hydroxylation is 1. The molecule has 0 spiro atoms. The van der Waals surface area contributed by atoms with Crippen LogP contribution in [0, 0.1) is 6.92 Å². The number of rotatable bonds is 3. The van der Waals surface area contributed by atoms with Crippen LogP contribution in [0.25, 0.3) is 11.1 Å². The van der Waals surface area contributed by atoms with E-state index in [0.29, 0.717) is 30.8 Å². The lowest BCUT2D eigenvalue weighted by molar-refractivity contribution is -0.150. The van der Waals surface area contributed by atoms with Gasteiger partial charge in [-0.1, -0.05) is 60.7 Å². The van der Waals surface area contributed by atoms with E-state index in [1.807, 2.05) is 78.6 Å². The minimum absolute atomic E-state index is 0.00245. The van der Waals surface area contributed by atoms with Crippen LogP contribution < -0.4 is 5.32 Å². The predicted molar refractivity (Wildman–Crippen MR) is 121 cm³/mol. The van der Waals surface area contributed by atoms with Gasteiger partial charge in [-0.05, 0) is 36.1 Å². The van der Waals surface area contributed by atoms with E-state index in [1.54, 1.807) is 6.20 Å².